The molecule has 0 saturated heterocycles. The topological polar surface area (TPSA) is 58.6 Å². The monoisotopic (exact) mass is 266 g/mol. The molecule has 1 rings (SSSR count). The van der Waals surface area contributed by atoms with Crippen LogP contribution in [0, 0.1) is 0 Å². The van der Waals surface area contributed by atoms with Gasteiger partial charge in [-0.05, 0) is 19.4 Å². The second-order valence-corrected chi connectivity index (χ2v) is 4.34. The lowest BCUT2D eigenvalue weighted by Crippen LogP contribution is -2.32. The molecule has 106 valence electrons. The van der Waals surface area contributed by atoms with Gasteiger partial charge < -0.3 is 14.5 Å². The van der Waals surface area contributed by atoms with Gasteiger partial charge in [0.25, 0.3) is 0 Å². The lowest BCUT2D eigenvalue weighted by molar-refractivity contribution is -0.141. The maximum absolute atomic E-state index is 11.6. The smallest absolute Gasteiger partial charge is 0.325 e. The van der Waals surface area contributed by atoms with Gasteiger partial charge in [-0.3, -0.25) is 4.79 Å². The Morgan fingerprint density at radius 3 is 2.68 bits per heavy atom. The molecule has 19 heavy (non-hydrogen) atoms. The molecule has 1 aromatic heterocycles. The summed E-state index contributed by atoms with van der Waals surface area (Å²) < 4.78 is 4.98. The number of aromatic nitrogens is 2. The number of nitrogens with zero attached hydrogens (tertiary/aromatic N) is 4. The van der Waals surface area contributed by atoms with E-state index in [4.69, 9.17) is 4.74 Å². The zero-order valence-electron chi connectivity index (χ0n) is 12.1. The molecule has 0 saturated carbocycles. The van der Waals surface area contributed by atoms with Crippen molar-refractivity contribution in [2.45, 2.75) is 20.3 Å². The maximum atomic E-state index is 11.6. The zero-order chi connectivity index (χ0) is 14.3. The Bertz CT molecular complexity index is 409. The fraction of sp³-hybridized carbons (Fsp3) is 0.615. The highest BCUT2D eigenvalue weighted by Gasteiger charge is 2.14. The molecular weight excluding hydrogens is 244 g/mol. The van der Waals surface area contributed by atoms with Crippen molar-refractivity contribution in [3.8, 4) is 0 Å². The first kappa shape index (κ1) is 15.2. The van der Waals surface area contributed by atoms with Crippen LogP contribution in [-0.4, -0.2) is 49.7 Å². The van der Waals surface area contributed by atoms with Crippen LogP contribution in [0.25, 0.3) is 0 Å². The lowest BCUT2D eigenvalue weighted by Gasteiger charge is -2.23. The molecule has 0 spiro atoms. The van der Waals surface area contributed by atoms with E-state index in [2.05, 4.69) is 16.9 Å². The van der Waals surface area contributed by atoms with E-state index in [9.17, 15) is 4.79 Å². The minimum atomic E-state index is -0.235. The SMILES string of the molecule is CCCN(CC(=O)OCC)c1ccnc(N(C)C)n1. The zero-order valence-corrected chi connectivity index (χ0v) is 12.1. The molecule has 0 radical (unpaired) electrons. The normalized spacial score (nSPS) is 10.1. The molecular formula is C13H22N4O2. The number of hydrogen-bond acceptors (Lipinski definition) is 6. The molecule has 6 nitrogen and oxygen atoms in total. The molecule has 0 bridgehead atoms. The Labute approximate surface area is 114 Å². The van der Waals surface area contributed by atoms with Crippen molar-refractivity contribution in [3.05, 3.63) is 12.3 Å². The van der Waals surface area contributed by atoms with Gasteiger partial charge in [0, 0.05) is 26.8 Å². The third kappa shape index (κ3) is 4.73. The van der Waals surface area contributed by atoms with Crippen LogP contribution in [0.2, 0.25) is 0 Å². The van der Waals surface area contributed by atoms with Gasteiger partial charge in [-0.1, -0.05) is 6.92 Å². The van der Waals surface area contributed by atoms with Crippen LogP contribution in [-0.2, 0) is 9.53 Å². The van der Waals surface area contributed by atoms with Crippen LogP contribution in [0.15, 0.2) is 12.3 Å². The lowest BCUT2D eigenvalue weighted by atomic mass is 10.4. The first-order valence-electron chi connectivity index (χ1n) is 6.49. The van der Waals surface area contributed by atoms with Crippen molar-refractivity contribution < 1.29 is 9.53 Å². The standard InChI is InChI=1S/C13H22N4O2/c1-5-9-17(10-12(18)19-6-2)11-7-8-14-13(15-11)16(3)4/h7-8H,5-6,9-10H2,1-4H3. The number of hydrogen-bond donors (Lipinski definition) is 0. The minimum absolute atomic E-state index is 0.214. The van der Waals surface area contributed by atoms with Crippen LogP contribution >= 0.6 is 0 Å². The van der Waals surface area contributed by atoms with Gasteiger partial charge >= 0.3 is 5.97 Å². The highest BCUT2D eigenvalue weighted by atomic mass is 16.5. The van der Waals surface area contributed by atoms with E-state index in [1.165, 1.54) is 0 Å². The molecule has 0 aliphatic carbocycles. The summed E-state index contributed by atoms with van der Waals surface area (Å²) in [6.07, 6.45) is 2.63. The second kappa shape index (κ2) is 7.56. The number of anilines is 2. The van der Waals surface area contributed by atoms with Crippen molar-refractivity contribution in [1.82, 2.24) is 9.97 Å². The quantitative estimate of drug-likeness (QED) is 0.694. The van der Waals surface area contributed by atoms with E-state index in [0.29, 0.717) is 12.6 Å². The number of esters is 1. The van der Waals surface area contributed by atoms with E-state index in [1.54, 1.807) is 13.1 Å². The van der Waals surface area contributed by atoms with Crippen LogP contribution in [0.4, 0.5) is 11.8 Å². The van der Waals surface area contributed by atoms with E-state index in [-0.39, 0.29) is 12.5 Å². The summed E-state index contributed by atoms with van der Waals surface area (Å²) in [6.45, 7) is 5.23. The predicted octanol–water partition coefficient (Wildman–Crippen LogP) is 1.32. The average Bonchev–Trinajstić information content (AvgIpc) is 2.38. The molecule has 0 unspecified atom stereocenters. The van der Waals surface area contributed by atoms with Crippen molar-refractivity contribution in [2.75, 3.05) is 43.6 Å². The van der Waals surface area contributed by atoms with Crippen LogP contribution in [0.1, 0.15) is 20.3 Å². The van der Waals surface area contributed by atoms with Crippen molar-refractivity contribution in [3.63, 3.8) is 0 Å². The van der Waals surface area contributed by atoms with Crippen molar-refractivity contribution in [1.29, 1.82) is 0 Å². The summed E-state index contributed by atoms with van der Waals surface area (Å²) in [5.41, 5.74) is 0. The van der Waals surface area contributed by atoms with E-state index >= 15 is 0 Å². The summed E-state index contributed by atoms with van der Waals surface area (Å²) in [7, 11) is 3.77. The Morgan fingerprint density at radius 2 is 2.11 bits per heavy atom. The molecule has 0 aliphatic heterocycles. The van der Waals surface area contributed by atoms with Crippen LogP contribution < -0.4 is 9.80 Å². The van der Waals surface area contributed by atoms with Crippen molar-refractivity contribution >= 4 is 17.7 Å². The first-order chi connectivity index (χ1) is 9.08. The predicted molar refractivity (Wildman–Crippen MR) is 75.5 cm³/mol. The van der Waals surface area contributed by atoms with Crippen molar-refractivity contribution in [2.24, 2.45) is 0 Å². The minimum Gasteiger partial charge on any atom is -0.465 e. The molecule has 1 aromatic rings. The Kier molecular flexibility index (Phi) is 6.05. The highest BCUT2D eigenvalue weighted by Crippen LogP contribution is 2.14. The van der Waals surface area contributed by atoms with Crippen LogP contribution in [0.3, 0.4) is 0 Å². The number of ether oxygens (including phenoxy) is 1. The van der Waals surface area contributed by atoms with Gasteiger partial charge in [0.1, 0.15) is 12.4 Å². The third-order valence-corrected chi connectivity index (χ3v) is 2.47. The fourth-order valence-corrected chi connectivity index (χ4v) is 1.64. The number of carbonyl (C=O) groups is 1. The molecule has 0 atom stereocenters. The third-order valence-electron chi connectivity index (χ3n) is 2.47. The molecule has 0 amide bonds. The fourth-order valence-electron chi connectivity index (χ4n) is 1.64. The summed E-state index contributed by atoms with van der Waals surface area (Å²) in [5.74, 6) is 1.14. The summed E-state index contributed by atoms with van der Waals surface area (Å²) in [4.78, 5) is 23.9. The summed E-state index contributed by atoms with van der Waals surface area (Å²) in [6, 6.07) is 1.81. The summed E-state index contributed by atoms with van der Waals surface area (Å²) >= 11 is 0. The molecule has 0 fully saturated rings. The van der Waals surface area contributed by atoms with Gasteiger partial charge in [-0.15, -0.1) is 0 Å². The highest BCUT2D eigenvalue weighted by molar-refractivity contribution is 5.75. The Hall–Kier alpha value is -1.85. The number of carbonyl (C=O) groups excluding carboxylic acids is 1. The van der Waals surface area contributed by atoms with Gasteiger partial charge in [-0.2, -0.15) is 4.98 Å². The maximum Gasteiger partial charge on any atom is 0.325 e. The second-order valence-electron chi connectivity index (χ2n) is 4.34. The molecule has 1 heterocycles. The van der Waals surface area contributed by atoms with Gasteiger partial charge in [0.2, 0.25) is 5.95 Å². The first-order valence-corrected chi connectivity index (χ1v) is 6.49. The average molecular weight is 266 g/mol. The Morgan fingerprint density at radius 1 is 1.37 bits per heavy atom. The summed E-state index contributed by atoms with van der Waals surface area (Å²) in [5, 5.41) is 0. The largest absolute Gasteiger partial charge is 0.465 e. The molecule has 0 aromatic carbocycles. The molecule has 0 N–H and O–H groups in total. The van der Waals surface area contributed by atoms with Gasteiger partial charge in [0.15, 0.2) is 0 Å². The van der Waals surface area contributed by atoms with Crippen LogP contribution in [0.5, 0.6) is 0 Å². The van der Waals surface area contributed by atoms with E-state index < -0.39 is 0 Å². The molecule has 6 heteroatoms. The Balaban J connectivity index is 2.85. The van der Waals surface area contributed by atoms with Gasteiger partial charge in [-0.25, -0.2) is 4.98 Å². The van der Waals surface area contributed by atoms with E-state index in [1.807, 2.05) is 30.0 Å². The number of rotatable bonds is 7. The van der Waals surface area contributed by atoms with E-state index in [0.717, 1.165) is 18.8 Å². The molecule has 0 aliphatic rings. The van der Waals surface area contributed by atoms with Gasteiger partial charge in [0.05, 0.1) is 6.61 Å².